The number of carbonyl (C=O) groups is 1. The van der Waals surface area contributed by atoms with E-state index < -0.39 is 28.8 Å². The maximum Gasteiger partial charge on any atom is 0.438 e. The topological polar surface area (TPSA) is 165 Å². The predicted octanol–water partition coefficient (Wildman–Crippen LogP) is 7.55. The van der Waals surface area contributed by atoms with Gasteiger partial charge in [-0.1, -0.05) is 18.1 Å². The van der Waals surface area contributed by atoms with Gasteiger partial charge < -0.3 is 18.9 Å². The number of hydrogen-bond donors (Lipinski definition) is 1. The number of fused-ring (bicyclic) bond motifs is 3. The lowest BCUT2D eigenvalue weighted by atomic mass is 9.83. The van der Waals surface area contributed by atoms with Crippen LogP contribution in [-0.2, 0) is 28.0 Å². The highest BCUT2D eigenvalue weighted by Crippen LogP contribution is 2.56. The largest absolute Gasteiger partial charge is 0.438 e. The third-order valence-electron chi connectivity index (χ3n) is 14.6. The van der Waals surface area contributed by atoms with Gasteiger partial charge in [0, 0.05) is 55.5 Å². The molecule has 11 rings (SSSR count). The lowest BCUT2D eigenvalue weighted by Crippen LogP contribution is -2.41. The first-order valence-corrected chi connectivity index (χ1v) is 23.1. The molecule has 0 spiro atoms. The van der Waals surface area contributed by atoms with Crippen LogP contribution in [0.1, 0.15) is 103 Å². The summed E-state index contributed by atoms with van der Waals surface area (Å²) < 4.78 is 55.9. The van der Waals surface area contributed by atoms with E-state index in [1.165, 1.54) is 21.5 Å². The van der Waals surface area contributed by atoms with Crippen molar-refractivity contribution in [3.63, 3.8) is 0 Å². The van der Waals surface area contributed by atoms with Gasteiger partial charge in [0.2, 0.25) is 0 Å². The van der Waals surface area contributed by atoms with Gasteiger partial charge >= 0.3 is 11.4 Å². The Hall–Kier alpha value is -6.92. The molecule has 1 saturated heterocycles. The fourth-order valence-corrected chi connectivity index (χ4v) is 11.1. The van der Waals surface area contributed by atoms with Crippen LogP contribution in [-0.4, -0.2) is 86.7 Å². The molecule has 1 aliphatic carbocycles. The average Bonchev–Trinajstić information content (AvgIpc) is 3.96. The summed E-state index contributed by atoms with van der Waals surface area (Å²) in [5.41, 5.74) is 3.82. The molecule has 7 heterocycles. The highest BCUT2D eigenvalue weighted by molar-refractivity contribution is 6.00. The molecule has 2 fully saturated rings. The van der Waals surface area contributed by atoms with Crippen molar-refractivity contribution >= 4 is 27.7 Å². The number of rotatable bonds is 10. The second-order valence-electron chi connectivity index (χ2n) is 19.4. The summed E-state index contributed by atoms with van der Waals surface area (Å²) in [6.07, 6.45) is 7.16. The average molecular weight is 927 g/mol. The molecule has 1 saturated carbocycles. The van der Waals surface area contributed by atoms with E-state index in [9.17, 15) is 9.59 Å². The van der Waals surface area contributed by atoms with Crippen molar-refractivity contribution in [3.05, 3.63) is 139 Å². The van der Waals surface area contributed by atoms with Gasteiger partial charge in [-0.2, -0.15) is 10.2 Å². The van der Waals surface area contributed by atoms with Crippen LogP contribution in [0.3, 0.4) is 0 Å². The summed E-state index contributed by atoms with van der Waals surface area (Å²) >= 11 is 0. The molecule has 0 bridgehead atoms. The molecular weight excluding hydrogens is 875 g/mol. The zero-order chi connectivity index (χ0) is 47.6. The molecule has 18 heteroatoms. The minimum absolute atomic E-state index is 0.00694. The van der Waals surface area contributed by atoms with Gasteiger partial charge in [0.05, 0.1) is 59.0 Å². The van der Waals surface area contributed by atoms with Crippen LogP contribution in [0.4, 0.5) is 8.78 Å². The zero-order valence-electron chi connectivity index (χ0n) is 39.0. The van der Waals surface area contributed by atoms with Crippen molar-refractivity contribution in [2.45, 2.75) is 96.9 Å². The minimum atomic E-state index is -0.864. The molecule has 2 aliphatic heterocycles. The number of nitrogens with zero attached hydrogens (tertiary/aromatic N) is 9. The minimum Gasteiger partial charge on any atom is -0.383 e. The number of nitrogens with one attached hydrogen (secondary N) is 1. The van der Waals surface area contributed by atoms with E-state index in [0.717, 1.165) is 29.3 Å². The van der Waals surface area contributed by atoms with Gasteiger partial charge in [-0.15, -0.1) is 0 Å². The zero-order valence-corrected chi connectivity index (χ0v) is 39.0. The highest BCUT2D eigenvalue weighted by atomic mass is 19.1. The summed E-state index contributed by atoms with van der Waals surface area (Å²) in [5.74, 6) is -0.978. The Morgan fingerprint density at radius 1 is 0.971 bits per heavy atom. The van der Waals surface area contributed by atoms with Gasteiger partial charge in [-0.25, -0.2) is 23.1 Å². The van der Waals surface area contributed by atoms with Crippen LogP contribution in [0, 0.1) is 31.4 Å². The molecular formula is C50H52F2N10O6. The molecule has 1 N–H and O–H groups in total. The molecule has 3 aromatic carbocycles. The maximum absolute atomic E-state index is 16.4. The molecule has 1 amide bonds. The lowest BCUT2D eigenvalue weighted by molar-refractivity contribution is -0.0592. The number of halogens is 2. The van der Waals surface area contributed by atoms with E-state index >= 15 is 13.6 Å². The Bertz CT molecular complexity index is 3440. The van der Waals surface area contributed by atoms with Crippen LogP contribution < -0.4 is 11.4 Å². The Labute approximate surface area is 388 Å². The van der Waals surface area contributed by atoms with Crippen LogP contribution in [0.2, 0.25) is 0 Å². The second-order valence-corrected chi connectivity index (χ2v) is 19.4. The number of imidazole rings is 1. The monoisotopic (exact) mass is 926 g/mol. The van der Waals surface area contributed by atoms with Crippen molar-refractivity contribution in [3.8, 4) is 17.2 Å². The van der Waals surface area contributed by atoms with Gasteiger partial charge in [0.15, 0.2) is 11.6 Å². The Morgan fingerprint density at radius 3 is 2.43 bits per heavy atom. The number of hydrogen-bond acceptors (Lipinski definition) is 9. The maximum atomic E-state index is 16.4. The SMILES string of the molecule is COCCn1ncc2c(F)c(-n3ccn(-c4c5c(nn4-c4cc(C)c(F)c(C)c4)CCN(C(=O)c4cc6cc([C@H]7CCOC(C)(C)C7)ccc6n4[C@@]4(c6noc(=O)[nH]6)C[C@@H]4C)[C@H]5C)c3=O)ccc21. The summed E-state index contributed by atoms with van der Waals surface area (Å²) in [7, 11) is 1.58. The van der Waals surface area contributed by atoms with Gasteiger partial charge in [-0.05, 0) is 125 Å². The standard InChI is InChI=1S/C50H52F2N10O6/c1-27-20-34(21-28(2)42(27)51)62-44(59-16-15-58(48(59)65)39-11-10-38-35(43(39)52)26-53-60(38)17-19-66-7)41-30(4)57(14-12-36(41)55-62)45(63)40-23-33-22-31(32-13-18-67-49(5,6)25-32)8-9-37(33)61(40)50(24-29(50)3)46-54-47(64)68-56-46/h8-11,15-16,20-23,26,29-30,32H,12-14,17-19,24-25H2,1-7H3,(H,54,56,64)/t29-,30-,32-,50-/m0/s1. The molecule has 3 aliphatic rings. The number of aromatic amines is 1. The number of benzene rings is 3. The third-order valence-corrected chi connectivity index (χ3v) is 14.6. The van der Waals surface area contributed by atoms with Crippen LogP contribution in [0.15, 0.2) is 81.2 Å². The number of ether oxygens (including phenoxy) is 2. The van der Waals surface area contributed by atoms with Crippen LogP contribution in [0.5, 0.6) is 0 Å². The van der Waals surface area contributed by atoms with Gasteiger partial charge in [-0.3, -0.25) is 28.1 Å². The molecule has 5 aromatic heterocycles. The Balaban J connectivity index is 1.04. The van der Waals surface area contributed by atoms with Crippen molar-refractivity contribution in [1.29, 1.82) is 0 Å². The summed E-state index contributed by atoms with van der Waals surface area (Å²) in [5, 5.41) is 14.7. The number of carbonyl (C=O) groups excluding carboxylic acids is 1. The molecule has 0 radical (unpaired) electrons. The van der Waals surface area contributed by atoms with Crippen molar-refractivity contribution in [2.75, 3.05) is 26.9 Å². The molecule has 68 heavy (non-hydrogen) atoms. The van der Waals surface area contributed by atoms with Crippen molar-refractivity contribution < 1.29 is 27.6 Å². The number of aryl methyl sites for hydroxylation is 2. The summed E-state index contributed by atoms with van der Waals surface area (Å²) in [4.78, 5) is 47.4. The molecule has 16 nitrogen and oxygen atoms in total. The number of methoxy groups -OCH3 is 1. The predicted molar refractivity (Wildman–Crippen MR) is 248 cm³/mol. The quantitative estimate of drug-likeness (QED) is 0.146. The normalized spacial score (nSPS) is 21.2. The van der Waals surface area contributed by atoms with Crippen molar-refractivity contribution in [1.82, 2.24) is 48.3 Å². The van der Waals surface area contributed by atoms with Gasteiger partial charge in [0.1, 0.15) is 22.9 Å². The summed E-state index contributed by atoms with van der Waals surface area (Å²) in [6, 6.07) is 14.3. The highest BCUT2D eigenvalue weighted by Gasteiger charge is 2.59. The fraction of sp³-hybridized carbons (Fsp3) is 0.400. The first-order valence-electron chi connectivity index (χ1n) is 23.1. The molecule has 8 aromatic rings. The third kappa shape index (κ3) is 6.73. The molecule has 352 valence electrons. The Morgan fingerprint density at radius 2 is 1.72 bits per heavy atom. The number of amides is 1. The van der Waals surface area contributed by atoms with Crippen molar-refractivity contribution in [2.24, 2.45) is 5.92 Å². The van der Waals surface area contributed by atoms with E-state index in [2.05, 4.69) is 54.2 Å². The lowest BCUT2D eigenvalue weighted by Gasteiger charge is -2.35. The van der Waals surface area contributed by atoms with Gasteiger partial charge in [0.25, 0.3) is 5.91 Å². The first-order chi connectivity index (χ1) is 32.6. The number of H-pyrrole nitrogens is 1. The second kappa shape index (κ2) is 15.8. The Kier molecular flexibility index (Phi) is 10.2. The van der Waals surface area contributed by atoms with E-state index in [-0.39, 0.29) is 46.8 Å². The fourth-order valence-electron chi connectivity index (χ4n) is 11.1. The van der Waals surface area contributed by atoms with E-state index in [0.29, 0.717) is 83.5 Å². The summed E-state index contributed by atoms with van der Waals surface area (Å²) in [6.45, 7) is 13.3. The first kappa shape index (κ1) is 43.6. The number of aromatic nitrogens is 9. The molecule has 4 atom stereocenters. The van der Waals surface area contributed by atoms with Crippen LogP contribution in [0.25, 0.3) is 39.0 Å². The smallest absolute Gasteiger partial charge is 0.383 e. The molecule has 0 unspecified atom stereocenters. The van der Waals surface area contributed by atoms with E-state index in [4.69, 9.17) is 19.1 Å². The van der Waals surface area contributed by atoms with Crippen LogP contribution >= 0.6 is 0 Å². The van der Waals surface area contributed by atoms with E-state index in [1.54, 1.807) is 65.7 Å². The van der Waals surface area contributed by atoms with E-state index in [1.807, 2.05) is 17.6 Å².